The summed E-state index contributed by atoms with van der Waals surface area (Å²) in [5.41, 5.74) is -0.645. The highest BCUT2D eigenvalue weighted by Crippen LogP contribution is 2.37. The number of carbonyl (C=O) groups is 1. The predicted octanol–water partition coefficient (Wildman–Crippen LogP) is 3.86. The van der Waals surface area contributed by atoms with E-state index in [-0.39, 0.29) is 15.2 Å². The van der Waals surface area contributed by atoms with Crippen LogP contribution in [0.1, 0.15) is 10.4 Å². The Morgan fingerprint density at radius 2 is 2.00 bits per heavy atom. The third-order valence-electron chi connectivity index (χ3n) is 1.76. The zero-order chi connectivity index (χ0) is 12.5. The number of alkyl halides is 3. The highest BCUT2D eigenvalue weighted by Gasteiger charge is 2.41. The lowest BCUT2D eigenvalue weighted by Gasteiger charge is -2.11. The second kappa shape index (κ2) is 4.63. The van der Waals surface area contributed by atoms with Crippen LogP contribution in [-0.2, 0) is 0 Å². The van der Waals surface area contributed by atoms with Gasteiger partial charge in [0.25, 0.3) is 5.78 Å². The van der Waals surface area contributed by atoms with Gasteiger partial charge in [0.1, 0.15) is 5.75 Å². The van der Waals surface area contributed by atoms with Gasteiger partial charge in [0.15, 0.2) is 0 Å². The molecule has 2 nitrogen and oxygen atoms in total. The van der Waals surface area contributed by atoms with Crippen LogP contribution in [0.3, 0.4) is 0 Å². The summed E-state index contributed by atoms with van der Waals surface area (Å²) in [6, 6.07) is 2.63. The van der Waals surface area contributed by atoms with E-state index in [1.165, 1.54) is 19.2 Å². The van der Waals surface area contributed by atoms with Crippen molar-refractivity contribution in [1.29, 1.82) is 0 Å². The lowest BCUT2D eigenvalue weighted by molar-refractivity contribution is -0.0885. The van der Waals surface area contributed by atoms with Crippen molar-refractivity contribution in [3.8, 4) is 5.75 Å². The van der Waals surface area contributed by atoms with Gasteiger partial charge in [-0.1, -0.05) is 11.6 Å². The quantitative estimate of drug-likeness (QED) is 0.774. The van der Waals surface area contributed by atoms with E-state index in [0.29, 0.717) is 0 Å². The van der Waals surface area contributed by atoms with Gasteiger partial charge in [-0.2, -0.15) is 13.2 Å². The number of carbonyl (C=O) groups excluding carboxylic acids is 1. The summed E-state index contributed by atoms with van der Waals surface area (Å²) < 4.78 is 41.5. The van der Waals surface area contributed by atoms with Gasteiger partial charge in [0.05, 0.1) is 17.7 Å². The fourth-order valence-electron chi connectivity index (χ4n) is 1.04. The van der Waals surface area contributed by atoms with Crippen molar-refractivity contribution >= 4 is 33.3 Å². The van der Waals surface area contributed by atoms with Gasteiger partial charge < -0.3 is 4.74 Å². The molecular formula is C9H5BrClF3O2. The van der Waals surface area contributed by atoms with E-state index in [4.69, 9.17) is 16.3 Å². The number of halogens is 5. The van der Waals surface area contributed by atoms with Gasteiger partial charge >= 0.3 is 6.18 Å². The minimum Gasteiger partial charge on any atom is -0.495 e. The second-order valence-electron chi connectivity index (χ2n) is 2.77. The Hall–Kier alpha value is -0.750. The summed E-state index contributed by atoms with van der Waals surface area (Å²) in [4.78, 5) is 11.1. The Balaban J connectivity index is 3.38. The minimum atomic E-state index is -4.97. The summed E-state index contributed by atoms with van der Waals surface area (Å²) >= 11 is 8.48. The van der Waals surface area contributed by atoms with Crippen LogP contribution in [0.2, 0.25) is 5.02 Å². The number of ether oxygens (including phenoxy) is 1. The maximum absolute atomic E-state index is 12.3. The summed E-state index contributed by atoms with van der Waals surface area (Å²) in [7, 11) is 1.25. The highest BCUT2D eigenvalue weighted by atomic mass is 79.9. The summed E-state index contributed by atoms with van der Waals surface area (Å²) in [5.74, 6) is -2.00. The Bertz CT molecular complexity index is 431. The van der Waals surface area contributed by atoms with Crippen LogP contribution in [0.25, 0.3) is 0 Å². The topological polar surface area (TPSA) is 26.3 Å². The van der Waals surface area contributed by atoms with Crippen molar-refractivity contribution < 1.29 is 22.7 Å². The fraction of sp³-hybridized carbons (Fsp3) is 0.222. The standard InChI is InChI=1S/C9H5BrClF3O2/c1-16-5-3-2-4(10)6(7(5)11)8(15)9(12,13)14/h2-3H,1H3. The molecule has 0 spiro atoms. The van der Waals surface area contributed by atoms with Crippen molar-refractivity contribution in [2.24, 2.45) is 0 Å². The van der Waals surface area contributed by atoms with Crippen molar-refractivity contribution in [3.63, 3.8) is 0 Å². The number of benzene rings is 1. The molecular weight excluding hydrogens is 312 g/mol. The van der Waals surface area contributed by atoms with Crippen molar-refractivity contribution in [3.05, 3.63) is 27.2 Å². The average molecular weight is 317 g/mol. The van der Waals surface area contributed by atoms with Gasteiger partial charge in [0, 0.05) is 4.47 Å². The molecule has 0 aliphatic rings. The minimum absolute atomic E-state index is 0.0115. The maximum atomic E-state index is 12.3. The van der Waals surface area contributed by atoms with E-state index >= 15 is 0 Å². The molecule has 0 atom stereocenters. The van der Waals surface area contributed by atoms with Gasteiger partial charge in [0.2, 0.25) is 0 Å². The highest BCUT2D eigenvalue weighted by molar-refractivity contribution is 9.10. The Morgan fingerprint density at radius 3 is 2.44 bits per heavy atom. The molecule has 0 amide bonds. The zero-order valence-electron chi connectivity index (χ0n) is 7.86. The SMILES string of the molecule is COc1ccc(Br)c(C(=O)C(F)(F)F)c1Cl. The molecule has 0 saturated carbocycles. The first-order valence-corrected chi connectivity index (χ1v) is 5.09. The molecule has 0 radical (unpaired) electrons. The van der Waals surface area contributed by atoms with Crippen molar-refractivity contribution in [2.45, 2.75) is 6.18 Å². The van der Waals surface area contributed by atoms with Gasteiger partial charge in [-0.15, -0.1) is 0 Å². The molecule has 0 N–H and O–H groups in total. The molecule has 0 unspecified atom stereocenters. The third-order valence-corrected chi connectivity index (χ3v) is 2.80. The number of hydrogen-bond acceptors (Lipinski definition) is 2. The van der Waals surface area contributed by atoms with Crippen LogP contribution in [0.4, 0.5) is 13.2 Å². The molecule has 0 saturated heterocycles. The first kappa shape index (κ1) is 13.3. The van der Waals surface area contributed by atoms with Crippen LogP contribution >= 0.6 is 27.5 Å². The first-order chi connectivity index (χ1) is 7.29. The van der Waals surface area contributed by atoms with E-state index < -0.39 is 17.5 Å². The smallest absolute Gasteiger partial charge is 0.454 e. The van der Waals surface area contributed by atoms with E-state index in [1.54, 1.807) is 0 Å². The lowest BCUT2D eigenvalue weighted by atomic mass is 10.1. The van der Waals surface area contributed by atoms with Crippen molar-refractivity contribution in [1.82, 2.24) is 0 Å². The fourth-order valence-corrected chi connectivity index (χ4v) is 1.99. The van der Waals surface area contributed by atoms with Crippen molar-refractivity contribution in [2.75, 3.05) is 7.11 Å². The lowest BCUT2D eigenvalue weighted by Crippen LogP contribution is -2.23. The van der Waals surface area contributed by atoms with Gasteiger partial charge in [-0.3, -0.25) is 4.79 Å². The molecule has 1 aromatic carbocycles. The predicted molar refractivity (Wildman–Crippen MR) is 56.1 cm³/mol. The zero-order valence-corrected chi connectivity index (χ0v) is 10.2. The number of Topliss-reactive ketones (excluding diaryl/α,β-unsaturated/α-hetero) is 1. The van der Waals surface area contributed by atoms with Crippen LogP contribution < -0.4 is 4.74 Å². The Kier molecular flexibility index (Phi) is 3.85. The average Bonchev–Trinajstić information content (AvgIpc) is 2.16. The molecule has 0 aromatic heterocycles. The maximum Gasteiger partial charge on any atom is 0.454 e. The number of hydrogen-bond donors (Lipinski definition) is 0. The summed E-state index contributed by atoms with van der Waals surface area (Å²) in [5, 5.41) is -0.362. The van der Waals surface area contributed by atoms with Crippen LogP contribution in [0.15, 0.2) is 16.6 Å². The largest absolute Gasteiger partial charge is 0.495 e. The molecule has 0 aliphatic carbocycles. The van der Waals surface area contributed by atoms with E-state index in [2.05, 4.69) is 15.9 Å². The summed E-state index contributed by atoms with van der Waals surface area (Å²) in [6.07, 6.45) is -4.97. The van der Waals surface area contributed by atoms with Gasteiger partial charge in [-0.25, -0.2) is 0 Å². The molecule has 88 valence electrons. The first-order valence-electron chi connectivity index (χ1n) is 3.92. The number of ketones is 1. The molecule has 1 rings (SSSR count). The van der Waals surface area contributed by atoms with Gasteiger partial charge in [-0.05, 0) is 28.1 Å². The van der Waals surface area contributed by atoms with Crippen LogP contribution in [0, 0.1) is 0 Å². The van der Waals surface area contributed by atoms with E-state index in [9.17, 15) is 18.0 Å². The summed E-state index contributed by atoms with van der Waals surface area (Å²) in [6.45, 7) is 0. The Labute approximate surface area is 102 Å². The normalized spacial score (nSPS) is 11.4. The molecule has 7 heteroatoms. The molecule has 0 aliphatic heterocycles. The molecule has 0 bridgehead atoms. The van der Waals surface area contributed by atoms with Crippen LogP contribution in [0.5, 0.6) is 5.75 Å². The monoisotopic (exact) mass is 316 g/mol. The number of rotatable bonds is 2. The third kappa shape index (κ3) is 2.49. The second-order valence-corrected chi connectivity index (χ2v) is 4.00. The van der Waals surface area contributed by atoms with Crippen LogP contribution in [-0.4, -0.2) is 19.1 Å². The Morgan fingerprint density at radius 1 is 1.44 bits per heavy atom. The molecule has 1 aromatic rings. The van der Waals surface area contributed by atoms with E-state index in [1.807, 2.05) is 0 Å². The molecule has 0 heterocycles. The number of methoxy groups -OCH3 is 1. The molecule has 0 fully saturated rings. The molecule has 16 heavy (non-hydrogen) atoms. The van der Waals surface area contributed by atoms with E-state index in [0.717, 1.165) is 0 Å².